The van der Waals surface area contributed by atoms with Crippen LogP contribution >= 0.6 is 35.3 Å². The number of hydrogen-bond acceptors (Lipinski definition) is 4. The molecule has 1 N–H and O–H groups in total. The van der Waals surface area contributed by atoms with Crippen LogP contribution in [0.4, 0.5) is 9.18 Å². The maximum atomic E-state index is 15.6. The Balaban J connectivity index is 0.00000256. The van der Waals surface area contributed by atoms with Crippen LogP contribution in [0.25, 0.3) is 21.3 Å². The molecule has 0 saturated carbocycles. The Hall–Kier alpha value is -1.93. The van der Waals surface area contributed by atoms with E-state index in [4.69, 9.17) is 11.6 Å². The lowest BCUT2D eigenvalue weighted by molar-refractivity contribution is 0.135. The number of piperazine rings is 1. The molecule has 0 radical (unpaired) electrons. The van der Waals surface area contributed by atoms with Gasteiger partial charge in [0, 0.05) is 55.4 Å². The molecule has 4 rings (SSSR count). The highest BCUT2D eigenvalue weighted by Gasteiger charge is 2.23. The zero-order chi connectivity index (χ0) is 20.4. The molecular weight excluding hydrogens is 446 g/mol. The second-order valence-electron chi connectivity index (χ2n) is 7.03. The number of rotatable bonds is 4. The van der Waals surface area contributed by atoms with Crippen LogP contribution in [0.3, 0.4) is 0 Å². The molecule has 1 fully saturated rings. The van der Waals surface area contributed by atoms with Gasteiger partial charge in [-0.2, -0.15) is 0 Å². The molecular formula is C21H23Cl2FN4OS. The summed E-state index contributed by atoms with van der Waals surface area (Å²) in [6.07, 6.45) is 0. The average Bonchev–Trinajstić information content (AvgIpc) is 3.17. The first-order valence-electron chi connectivity index (χ1n) is 9.62. The predicted molar refractivity (Wildman–Crippen MR) is 123 cm³/mol. The summed E-state index contributed by atoms with van der Waals surface area (Å²) in [7, 11) is 0. The van der Waals surface area contributed by atoms with Crippen molar-refractivity contribution >= 4 is 51.6 Å². The van der Waals surface area contributed by atoms with Crippen LogP contribution in [-0.2, 0) is 6.54 Å². The molecule has 0 atom stereocenters. The van der Waals surface area contributed by atoms with Crippen LogP contribution in [-0.4, -0.2) is 53.5 Å². The van der Waals surface area contributed by atoms with Gasteiger partial charge in [0.2, 0.25) is 0 Å². The largest absolute Gasteiger partial charge is 0.338 e. The first-order chi connectivity index (χ1) is 14.1. The molecule has 0 spiro atoms. The second kappa shape index (κ2) is 9.92. The zero-order valence-corrected chi connectivity index (χ0v) is 18.9. The van der Waals surface area contributed by atoms with Crippen molar-refractivity contribution in [2.24, 2.45) is 0 Å². The SMILES string of the molecule is CCNC(=O)N1CCN(Cc2cc3scnc3c(-c3cccc(Cl)c3)c2F)CC1.Cl. The lowest BCUT2D eigenvalue weighted by Crippen LogP contribution is -2.51. The van der Waals surface area contributed by atoms with E-state index >= 15 is 4.39 Å². The summed E-state index contributed by atoms with van der Waals surface area (Å²) in [4.78, 5) is 20.4. The molecule has 5 nitrogen and oxygen atoms in total. The second-order valence-corrected chi connectivity index (χ2v) is 8.36. The molecule has 1 aliphatic heterocycles. The number of fused-ring (bicyclic) bond motifs is 1. The van der Waals surface area contributed by atoms with Crippen LogP contribution in [0.2, 0.25) is 5.02 Å². The summed E-state index contributed by atoms with van der Waals surface area (Å²) >= 11 is 7.65. The van der Waals surface area contributed by atoms with Crippen LogP contribution in [0.15, 0.2) is 35.8 Å². The Labute approximate surface area is 190 Å². The minimum atomic E-state index is -0.253. The predicted octanol–water partition coefficient (Wildman–Crippen LogP) is 5.02. The average molecular weight is 469 g/mol. The van der Waals surface area contributed by atoms with Crippen molar-refractivity contribution in [1.82, 2.24) is 20.1 Å². The van der Waals surface area contributed by atoms with Crippen LogP contribution < -0.4 is 5.32 Å². The number of nitrogens with zero attached hydrogens (tertiary/aromatic N) is 3. The van der Waals surface area contributed by atoms with Gasteiger partial charge in [-0.1, -0.05) is 23.7 Å². The zero-order valence-electron chi connectivity index (χ0n) is 16.5. The molecule has 1 aromatic heterocycles. The van der Waals surface area contributed by atoms with Crippen LogP contribution in [0.1, 0.15) is 12.5 Å². The van der Waals surface area contributed by atoms with Crippen molar-refractivity contribution in [3.05, 3.63) is 52.2 Å². The molecule has 30 heavy (non-hydrogen) atoms. The number of thiazole rings is 1. The number of halogens is 3. The summed E-state index contributed by atoms with van der Waals surface area (Å²) in [5.74, 6) is -0.253. The van der Waals surface area contributed by atoms with Gasteiger partial charge < -0.3 is 10.2 Å². The summed E-state index contributed by atoms with van der Waals surface area (Å²) in [6.45, 7) is 5.72. The Morgan fingerprint density at radius 3 is 2.73 bits per heavy atom. The number of aromatic nitrogens is 1. The van der Waals surface area contributed by atoms with Gasteiger partial charge in [-0.05, 0) is 30.7 Å². The fourth-order valence-electron chi connectivity index (χ4n) is 3.67. The molecule has 0 unspecified atom stereocenters. The van der Waals surface area contributed by atoms with Crippen LogP contribution in [0, 0.1) is 5.82 Å². The van der Waals surface area contributed by atoms with E-state index in [-0.39, 0.29) is 24.3 Å². The van der Waals surface area contributed by atoms with Gasteiger partial charge in [0.25, 0.3) is 0 Å². The molecule has 9 heteroatoms. The summed E-state index contributed by atoms with van der Waals surface area (Å²) < 4.78 is 16.5. The van der Waals surface area contributed by atoms with Crippen molar-refractivity contribution < 1.29 is 9.18 Å². The lowest BCUT2D eigenvalue weighted by atomic mass is 10.00. The van der Waals surface area contributed by atoms with E-state index in [0.717, 1.165) is 10.3 Å². The minimum Gasteiger partial charge on any atom is -0.338 e. The van der Waals surface area contributed by atoms with Gasteiger partial charge in [0.05, 0.1) is 15.7 Å². The number of hydrogen-bond donors (Lipinski definition) is 1. The van der Waals surface area contributed by atoms with Gasteiger partial charge in [0.1, 0.15) is 5.82 Å². The van der Waals surface area contributed by atoms with Crippen molar-refractivity contribution in [3.8, 4) is 11.1 Å². The van der Waals surface area contributed by atoms with E-state index in [1.54, 1.807) is 22.5 Å². The third-order valence-corrected chi connectivity index (χ3v) is 6.14. The summed E-state index contributed by atoms with van der Waals surface area (Å²) in [5.41, 5.74) is 4.28. The minimum absolute atomic E-state index is 0. The maximum absolute atomic E-state index is 15.6. The third-order valence-electron chi connectivity index (χ3n) is 5.13. The molecule has 2 amide bonds. The van der Waals surface area contributed by atoms with E-state index in [0.29, 0.717) is 60.9 Å². The van der Waals surface area contributed by atoms with Crippen molar-refractivity contribution in [1.29, 1.82) is 0 Å². The van der Waals surface area contributed by atoms with Crippen molar-refractivity contribution in [2.75, 3.05) is 32.7 Å². The number of urea groups is 1. The van der Waals surface area contributed by atoms with E-state index in [2.05, 4.69) is 15.2 Å². The monoisotopic (exact) mass is 468 g/mol. The number of carbonyl (C=O) groups is 1. The smallest absolute Gasteiger partial charge is 0.317 e. The molecule has 1 saturated heterocycles. The maximum Gasteiger partial charge on any atom is 0.317 e. The number of amides is 2. The molecule has 0 bridgehead atoms. The Morgan fingerprint density at radius 1 is 1.27 bits per heavy atom. The van der Waals surface area contributed by atoms with E-state index in [1.807, 2.05) is 25.1 Å². The standard InChI is InChI=1S/C21H22ClFN4OS.ClH/c1-2-24-21(28)27-8-6-26(7-9-27)12-15-11-17-20(25-13-29-17)18(19(15)23)14-4-3-5-16(22)10-14;/h3-5,10-11,13H,2,6-9,12H2,1H3,(H,24,28);1H. The molecule has 160 valence electrons. The molecule has 3 aromatic rings. The summed E-state index contributed by atoms with van der Waals surface area (Å²) in [6, 6.07) is 9.09. The van der Waals surface area contributed by atoms with Gasteiger partial charge in [-0.3, -0.25) is 4.90 Å². The van der Waals surface area contributed by atoms with Gasteiger partial charge >= 0.3 is 6.03 Å². The Bertz CT molecular complexity index is 1040. The molecule has 2 aromatic carbocycles. The number of nitrogens with one attached hydrogen (secondary N) is 1. The highest BCUT2D eigenvalue weighted by atomic mass is 35.5. The first kappa shape index (κ1) is 22.7. The van der Waals surface area contributed by atoms with E-state index < -0.39 is 0 Å². The van der Waals surface area contributed by atoms with Gasteiger partial charge in [-0.15, -0.1) is 23.7 Å². The van der Waals surface area contributed by atoms with Gasteiger partial charge in [0.15, 0.2) is 0 Å². The lowest BCUT2D eigenvalue weighted by Gasteiger charge is -2.34. The van der Waals surface area contributed by atoms with Gasteiger partial charge in [-0.25, -0.2) is 14.2 Å². The third kappa shape index (κ3) is 4.70. The number of carbonyl (C=O) groups excluding carboxylic acids is 1. The topological polar surface area (TPSA) is 48.5 Å². The van der Waals surface area contributed by atoms with Crippen molar-refractivity contribution in [2.45, 2.75) is 13.5 Å². The normalized spacial score (nSPS) is 14.6. The van der Waals surface area contributed by atoms with E-state index in [9.17, 15) is 4.79 Å². The molecule has 2 heterocycles. The Morgan fingerprint density at radius 2 is 2.03 bits per heavy atom. The van der Waals surface area contributed by atoms with E-state index in [1.165, 1.54) is 11.3 Å². The molecule has 0 aliphatic carbocycles. The fraction of sp³-hybridized carbons (Fsp3) is 0.333. The highest BCUT2D eigenvalue weighted by Crippen LogP contribution is 2.36. The highest BCUT2D eigenvalue weighted by molar-refractivity contribution is 7.16. The van der Waals surface area contributed by atoms with Crippen LogP contribution in [0.5, 0.6) is 0 Å². The number of benzene rings is 2. The Kier molecular flexibility index (Phi) is 7.52. The quantitative estimate of drug-likeness (QED) is 0.584. The summed E-state index contributed by atoms with van der Waals surface area (Å²) in [5, 5.41) is 3.40. The fourth-order valence-corrected chi connectivity index (χ4v) is 4.61. The molecule has 1 aliphatic rings. The first-order valence-corrected chi connectivity index (χ1v) is 10.9. The van der Waals surface area contributed by atoms with Crippen molar-refractivity contribution in [3.63, 3.8) is 0 Å².